The number of anilines is 3. The molecule has 0 saturated carbocycles. The van der Waals surface area contributed by atoms with Gasteiger partial charge in [0.05, 0.1) is 5.52 Å². The lowest BCUT2D eigenvalue weighted by Gasteiger charge is -2.21. The van der Waals surface area contributed by atoms with Gasteiger partial charge in [0, 0.05) is 48.2 Å². The molecule has 6 rings (SSSR count). The van der Waals surface area contributed by atoms with E-state index in [1.54, 1.807) is 12.4 Å². The Labute approximate surface area is 209 Å². The molecule has 2 aromatic heterocycles. The van der Waals surface area contributed by atoms with E-state index in [0.29, 0.717) is 5.82 Å². The Morgan fingerprint density at radius 1 is 0.917 bits per heavy atom. The number of pyridine rings is 1. The maximum atomic E-state index is 11.6. The lowest BCUT2D eigenvalue weighted by Crippen LogP contribution is -2.16. The summed E-state index contributed by atoms with van der Waals surface area (Å²) in [5.41, 5.74) is 8.38. The number of rotatable bonds is 4. The van der Waals surface area contributed by atoms with Crippen molar-refractivity contribution < 1.29 is 4.79 Å². The van der Waals surface area contributed by atoms with Crippen LogP contribution in [-0.4, -0.2) is 27.4 Å². The maximum absolute atomic E-state index is 11.6. The summed E-state index contributed by atoms with van der Waals surface area (Å²) in [5, 5.41) is 3.86. The SMILES string of the molecule is CC(=O)Nc1cccc(-c2ccc3nc(-c4cccnc4)nc(N4CCc5cc(C)ccc54)c3c2)c1. The van der Waals surface area contributed by atoms with Crippen molar-refractivity contribution in [3.8, 4) is 22.5 Å². The van der Waals surface area contributed by atoms with Crippen molar-refractivity contribution in [1.29, 1.82) is 0 Å². The van der Waals surface area contributed by atoms with Gasteiger partial charge in [0.15, 0.2) is 5.82 Å². The average Bonchev–Trinajstić information content (AvgIpc) is 3.31. The van der Waals surface area contributed by atoms with Crippen LogP contribution in [0, 0.1) is 6.92 Å². The fourth-order valence-corrected chi connectivity index (χ4v) is 4.85. The molecule has 1 amide bonds. The highest BCUT2D eigenvalue weighted by Gasteiger charge is 2.24. The second-order valence-corrected chi connectivity index (χ2v) is 9.14. The van der Waals surface area contributed by atoms with Crippen LogP contribution in [0.15, 0.2) is 85.2 Å². The van der Waals surface area contributed by atoms with Crippen molar-refractivity contribution in [2.24, 2.45) is 0 Å². The van der Waals surface area contributed by atoms with Gasteiger partial charge in [0.2, 0.25) is 5.91 Å². The molecule has 1 N–H and O–H groups in total. The van der Waals surface area contributed by atoms with Crippen LogP contribution < -0.4 is 10.2 Å². The summed E-state index contributed by atoms with van der Waals surface area (Å²) in [5.74, 6) is 1.46. The van der Waals surface area contributed by atoms with Crippen molar-refractivity contribution in [1.82, 2.24) is 15.0 Å². The van der Waals surface area contributed by atoms with Gasteiger partial charge in [-0.15, -0.1) is 0 Å². The highest BCUT2D eigenvalue weighted by molar-refractivity contribution is 5.97. The fourth-order valence-electron chi connectivity index (χ4n) is 4.85. The van der Waals surface area contributed by atoms with Gasteiger partial charge in [-0.05, 0) is 72.5 Å². The number of amides is 1. The summed E-state index contributed by atoms with van der Waals surface area (Å²) in [6, 6.07) is 24.6. The summed E-state index contributed by atoms with van der Waals surface area (Å²) in [6.45, 7) is 4.51. The van der Waals surface area contributed by atoms with Crippen molar-refractivity contribution >= 4 is 34.0 Å². The third-order valence-electron chi connectivity index (χ3n) is 6.50. The number of aryl methyl sites for hydroxylation is 1. The van der Waals surface area contributed by atoms with Crippen molar-refractivity contribution in [3.05, 3.63) is 96.3 Å². The van der Waals surface area contributed by atoms with Crippen LogP contribution in [0.3, 0.4) is 0 Å². The first-order valence-electron chi connectivity index (χ1n) is 12.0. The fraction of sp³-hybridized carbons (Fsp3) is 0.133. The summed E-state index contributed by atoms with van der Waals surface area (Å²) in [6.07, 6.45) is 4.53. The number of aromatic nitrogens is 3. The number of fused-ring (bicyclic) bond motifs is 2. The number of benzene rings is 3. The number of hydrogen-bond donors (Lipinski definition) is 1. The normalized spacial score (nSPS) is 12.6. The predicted octanol–water partition coefficient (Wildman–Crippen LogP) is 6.32. The van der Waals surface area contributed by atoms with Gasteiger partial charge in [0.1, 0.15) is 5.82 Å². The van der Waals surface area contributed by atoms with Crippen LogP contribution in [0.25, 0.3) is 33.4 Å². The first-order chi connectivity index (χ1) is 17.5. The molecule has 0 spiro atoms. The zero-order valence-electron chi connectivity index (χ0n) is 20.2. The van der Waals surface area contributed by atoms with E-state index in [1.165, 1.54) is 23.7 Å². The smallest absolute Gasteiger partial charge is 0.221 e. The van der Waals surface area contributed by atoms with E-state index >= 15 is 0 Å². The predicted molar refractivity (Wildman–Crippen MR) is 144 cm³/mol. The Balaban J connectivity index is 1.53. The van der Waals surface area contributed by atoms with Crippen LogP contribution in [0.5, 0.6) is 0 Å². The molecule has 6 heteroatoms. The highest BCUT2D eigenvalue weighted by Crippen LogP contribution is 2.39. The van der Waals surface area contributed by atoms with Gasteiger partial charge in [-0.3, -0.25) is 9.78 Å². The lowest BCUT2D eigenvalue weighted by molar-refractivity contribution is -0.114. The first kappa shape index (κ1) is 21.9. The molecule has 1 aliphatic rings. The molecule has 36 heavy (non-hydrogen) atoms. The molecule has 0 radical (unpaired) electrons. The quantitative estimate of drug-likeness (QED) is 0.332. The molecule has 0 atom stereocenters. The average molecular weight is 472 g/mol. The molecule has 0 saturated heterocycles. The van der Waals surface area contributed by atoms with Gasteiger partial charge >= 0.3 is 0 Å². The molecule has 0 unspecified atom stereocenters. The van der Waals surface area contributed by atoms with Gasteiger partial charge in [0.25, 0.3) is 0 Å². The molecule has 0 fully saturated rings. The maximum Gasteiger partial charge on any atom is 0.221 e. The monoisotopic (exact) mass is 471 g/mol. The standard InChI is InChI=1S/C30H25N5O/c1-19-8-11-28-23(15-19)12-14-35(28)30-26-17-22(21-5-3-7-25(16-21)32-20(2)36)9-10-27(26)33-29(34-30)24-6-4-13-31-18-24/h3-11,13,15-18H,12,14H2,1-2H3,(H,32,36). The summed E-state index contributed by atoms with van der Waals surface area (Å²) in [7, 11) is 0. The number of carbonyl (C=O) groups excluding carboxylic acids is 1. The van der Waals surface area contributed by atoms with E-state index < -0.39 is 0 Å². The number of nitrogens with one attached hydrogen (secondary N) is 1. The number of nitrogens with zero attached hydrogens (tertiary/aromatic N) is 4. The Bertz CT molecular complexity index is 1610. The van der Waals surface area contributed by atoms with E-state index in [4.69, 9.17) is 9.97 Å². The molecule has 0 aliphatic carbocycles. The lowest BCUT2D eigenvalue weighted by atomic mass is 10.0. The van der Waals surface area contributed by atoms with E-state index in [2.05, 4.69) is 52.5 Å². The molecule has 6 nitrogen and oxygen atoms in total. The van der Waals surface area contributed by atoms with E-state index in [-0.39, 0.29) is 5.91 Å². The molecule has 5 aromatic rings. The molecule has 3 heterocycles. The summed E-state index contributed by atoms with van der Waals surface area (Å²) >= 11 is 0. The van der Waals surface area contributed by atoms with Crippen LogP contribution in [0.4, 0.5) is 17.2 Å². The van der Waals surface area contributed by atoms with Gasteiger partial charge in [-0.1, -0.05) is 35.9 Å². The van der Waals surface area contributed by atoms with Gasteiger partial charge in [-0.2, -0.15) is 0 Å². The van der Waals surface area contributed by atoms with Crippen molar-refractivity contribution in [3.63, 3.8) is 0 Å². The third-order valence-corrected chi connectivity index (χ3v) is 6.50. The second kappa shape index (κ2) is 8.89. The number of carbonyl (C=O) groups is 1. The van der Waals surface area contributed by atoms with E-state index in [1.807, 2.05) is 42.5 Å². The summed E-state index contributed by atoms with van der Waals surface area (Å²) < 4.78 is 0. The minimum atomic E-state index is -0.0905. The van der Waals surface area contributed by atoms with Crippen LogP contribution in [0.1, 0.15) is 18.1 Å². The second-order valence-electron chi connectivity index (χ2n) is 9.14. The van der Waals surface area contributed by atoms with Crippen molar-refractivity contribution in [2.45, 2.75) is 20.3 Å². The van der Waals surface area contributed by atoms with Crippen LogP contribution in [-0.2, 0) is 11.2 Å². The molecule has 176 valence electrons. The van der Waals surface area contributed by atoms with E-state index in [9.17, 15) is 4.79 Å². The third kappa shape index (κ3) is 4.07. The Morgan fingerprint density at radius 3 is 2.61 bits per heavy atom. The zero-order chi connectivity index (χ0) is 24.6. The molecular formula is C30H25N5O. The highest BCUT2D eigenvalue weighted by atomic mass is 16.1. The van der Waals surface area contributed by atoms with Crippen LogP contribution in [0.2, 0.25) is 0 Å². The molecular weight excluding hydrogens is 446 g/mol. The zero-order valence-corrected chi connectivity index (χ0v) is 20.2. The molecule has 3 aromatic carbocycles. The summed E-state index contributed by atoms with van der Waals surface area (Å²) in [4.78, 5) is 28.1. The molecule has 0 bridgehead atoms. The Kier molecular flexibility index (Phi) is 5.41. The van der Waals surface area contributed by atoms with Gasteiger partial charge < -0.3 is 10.2 Å². The minimum Gasteiger partial charge on any atom is -0.326 e. The van der Waals surface area contributed by atoms with Crippen molar-refractivity contribution in [2.75, 3.05) is 16.8 Å². The molecule has 1 aliphatic heterocycles. The van der Waals surface area contributed by atoms with Gasteiger partial charge in [-0.25, -0.2) is 9.97 Å². The van der Waals surface area contributed by atoms with Crippen LogP contribution >= 0.6 is 0 Å². The van der Waals surface area contributed by atoms with E-state index in [0.717, 1.165) is 52.1 Å². The number of hydrogen-bond acceptors (Lipinski definition) is 5. The minimum absolute atomic E-state index is 0.0905. The Hall–Kier alpha value is -4.58. The largest absolute Gasteiger partial charge is 0.326 e. The first-order valence-corrected chi connectivity index (χ1v) is 12.0. The Morgan fingerprint density at radius 2 is 1.78 bits per heavy atom. The topological polar surface area (TPSA) is 71.0 Å².